The predicted octanol–water partition coefficient (Wildman–Crippen LogP) is 7.75. The zero-order valence-corrected chi connectivity index (χ0v) is 31.7. The Labute approximate surface area is 319 Å². The zero-order valence-electron chi connectivity index (χ0n) is 27.8. The molecule has 4 aromatic rings. The Balaban J connectivity index is 0.000000333. The fraction of sp³-hybridized carbons (Fsp3) is 0.333. The molecule has 0 radical (unpaired) electrons. The molecule has 0 aliphatic heterocycles. The third kappa shape index (κ3) is 14.1. The standard InChI is InChI=1S/2C18H22O5S.Ca/c2*1-2-3-4-5-7-14-8-6-9-17(24(20,21)22)18(14)23-16-12-10-15(19)11-13-16;/h2*6,8-13,19H,2-5,7H2,1H3,(H,20,21,22);/q;;+2/p-2. The average molecular weight is 739 g/mol. The number of benzene rings is 4. The number of unbranched alkanes of at least 4 members (excludes halogenated alkanes) is 6. The van der Waals surface area contributed by atoms with E-state index in [0.29, 0.717) is 29.9 Å². The van der Waals surface area contributed by atoms with Crippen LogP contribution < -0.4 is 14.6 Å². The average Bonchev–Trinajstić information content (AvgIpc) is 3.04. The van der Waals surface area contributed by atoms with Crippen molar-refractivity contribution >= 4 is 58.0 Å². The number of aryl methyl sites for hydroxylation is 2. The van der Waals surface area contributed by atoms with Crippen LogP contribution in [0.3, 0.4) is 0 Å². The van der Waals surface area contributed by atoms with Gasteiger partial charge in [-0.05, 0) is 85.3 Å². The summed E-state index contributed by atoms with van der Waals surface area (Å²) in [7, 11) is -9.05. The van der Waals surface area contributed by atoms with Crippen LogP contribution >= 0.6 is 0 Å². The molecule has 0 saturated heterocycles. The van der Waals surface area contributed by atoms with Crippen molar-refractivity contribution in [1.29, 1.82) is 0 Å². The largest absolute Gasteiger partial charge is 2.00 e. The van der Waals surface area contributed by atoms with Crippen LogP contribution in [-0.2, 0) is 33.1 Å². The van der Waals surface area contributed by atoms with E-state index in [-0.39, 0.29) is 70.5 Å². The Morgan fingerprint density at radius 3 is 1.47 bits per heavy atom. The first-order valence-electron chi connectivity index (χ1n) is 15.9. The molecule has 0 atom stereocenters. The summed E-state index contributed by atoms with van der Waals surface area (Å²) in [6.45, 7) is 4.23. The van der Waals surface area contributed by atoms with Gasteiger partial charge >= 0.3 is 37.7 Å². The third-order valence-corrected chi connectivity index (χ3v) is 9.11. The normalized spacial score (nSPS) is 11.2. The van der Waals surface area contributed by atoms with Gasteiger partial charge in [0.15, 0.2) is 5.75 Å². The number of phenols is 1. The second-order valence-electron chi connectivity index (χ2n) is 11.2. The molecule has 0 spiro atoms. The number of ether oxygens (including phenoxy) is 2. The Hall–Kier alpha value is -2.84. The first kappa shape index (κ1) is 42.3. The predicted molar refractivity (Wildman–Crippen MR) is 186 cm³/mol. The summed E-state index contributed by atoms with van der Waals surface area (Å²) in [5.74, 6) is 0.820. The minimum atomic E-state index is -4.66. The maximum atomic E-state index is 11.7. The van der Waals surface area contributed by atoms with Gasteiger partial charge in [0.1, 0.15) is 38.0 Å². The number of phenolic OH excluding ortho intramolecular Hbond substituents is 1. The molecular weight excluding hydrogens is 697 g/mol. The monoisotopic (exact) mass is 738 g/mol. The summed E-state index contributed by atoms with van der Waals surface area (Å²) in [6.07, 6.45) is 9.57. The van der Waals surface area contributed by atoms with Crippen molar-refractivity contribution < 1.29 is 45.6 Å². The molecular formula is C36H42CaO10S2. The van der Waals surface area contributed by atoms with Crippen LogP contribution in [0.25, 0.3) is 0 Å². The SMILES string of the molecule is CCCCCCc1cccc(S(=O)(=O)O)c1Oc1ccc(O)cc1.CCCCCCc1cccc(S(=O)(=O)[O-])c1Oc1ccc([O-])cc1.[Ca+2]. The van der Waals surface area contributed by atoms with Gasteiger partial charge in [0.05, 0.1) is 4.90 Å². The first-order chi connectivity index (χ1) is 22.8. The van der Waals surface area contributed by atoms with Gasteiger partial charge in [0, 0.05) is 0 Å². The van der Waals surface area contributed by atoms with E-state index in [4.69, 9.17) is 9.47 Å². The van der Waals surface area contributed by atoms with E-state index in [9.17, 15) is 36.2 Å². The smallest absolute Gasteiger partial charge is 0.872 e. The van der Waals surface area contributed by atoms with Crippen LogP contribution in [0.1, 0.15) is 76.3 Å². The van der Waals surface area contributed by atoms with Crippen molar-refractivity contribution in [2.24, 2.45) is 0 Å². The number of aromatic hydroxyl groups is 1. The number of rotatable bonds is 16. The fourth-order valence-electron chi connectivity index (χ4n) is 4.89. The van der Waals surface area contributed by atoms with Gasteiger partial charge in [-0.1, -0.05) is 88.8 Å². The topological polar surface area (TPSA) is 173 Å². The molecule has 0 amide bonds. The van der Waals surface area contributed by atoms with Crippen molar-refractivity contribution in [3.8, 4) is 34.5 Å². The van der Waals surface area contributed by atoms with Crippen LogP contribution in [0.5, 0.6) is 34.5 Å². The molecule has 0 aliphatic rings. The molecule has 49 heavy (non-hydrogen) atoms. The molecule has 0 fully saturated rings. The summed E-state index contributed by atoms with van der Waals surface area (Å²) < 4.78 is 78.8. The van der Waals surface area contributed by atoms with Crippen molar-refractivity contribution in [3.05, 3.63) is 96.1 Å². The van der Waals surface area contributed by atoms with E-state index < -0.39 is 20.2 Å². The Bertz CT molecular complexity index is 1680. The third-order valence-electron chi connectivity index (χ3n) is 7.37. The van der Waals surface area contributed by atoms with E-state index in [1.54, 1.807) is 24.3 Å². The van der Waals surface area contributed by atoms with Crippen LogP contribution in [0.15, 0.2) is 94.7 Å². The quantitative estimate of drug-likeness (QED) is 0.0657. The van der Waals surface area contributed by atoms with Crippen LogP contribution in [0.4, 0.5) is 0 Å². The molecule has 0 aliphatic carbocycles. The number of hydrogen-bond donors (Lipinski definition) is 2. The minimum absolute atomic E-state index is 0. The second kappa shape index (κ2) is 20.7. The summed E-state index contributed by atoms with van der Waals surface area (Å²) in [5, 5.41) is 20.5. The molecule has 0 saturated carbocycles. The number of hydrogen-bond acceptors (Lipinski definition) is 9. The number of para-hydroxylation sites is 2. The van der Waals surface area contributed by atoms with Gasteiger partial charge in [0.2, 0.25) is 0 Å². The van der Waals surface area contributed by atoms with Crippen molar-refractivity contribution in [3.63, 3.8) is 0 Å². The summed E-state index contributed by atoms with van der Waals surface area (Å²) in [5.41, 5.74) is 1.41. The molecule has 0 unspecified atom stereocenters. The Morgan fingerprint density at radius 1 is 0.612 bits per heavy atom. The van der Waals surface area contributed by atoms with E-state index >= 15 is 0 Å². The van der Waals surface area contributed by atoms with Crippen molar-refractivity contribution in [1.82, 2.24) is 0 Å². The summed E-state index contributed by atoms with van der Waals surface area (Å²) in [6, 6.07) is 20.8. The van der Waals surface area contributed by atoms with Gasteiger partial charge in [0.25, 0.3) is 10.1 Å². The molecule has 4 aromatic carbocycles. The Kier molecular flexibility index (Phi) is 17.9. The van der Waals surface area contributed by atoms with Crippen molar-refractivity contribution in [2.75, 3.05) is 0 Å². The van der Waals surface area contributed by atoms with Crippen molar-refractivity contribution in [2.45, 2.75) is 87.8 Å². The molecule has 0 heterocycles. The fourth-order valence-corrected chi connectivity index (χ4v) is 6.19. The molecule has 4 rings (SSSR count). The van der Waals surface area contributed by atoms with Crippen LogP contribution in [0, 0.1) is 0 Å². The second-order valence-corrected chi connectivity index (χ2v) is 13.9. The maximum Gasteiger partial charge on any atom is 2.00 e. The summed E-state index contributed by atoms with van der Waals surface area (Å²) in [4.78, 5) is -0.620. The zero-order chi connectivity index (χ0) is 35.2. The Morgan fingerprint density at radius 2 is 1.04 bits per heavy atom. The maximum absolute atomic E-state index is 11.7. The molecule has 0 bridgehead atoms. The van der Waals surface area contributed by atoms with E-state index in [1.807, 2.05) is 0 Å². The van der Waals surface area contributed by atoms with E-state index in [0.717, 1.165) is 56.9 Å². The van der Waals surface area contributed by atoms with Gasteiger partial charge < -0.3 is 24.2 Å². The van der Waals surface area contributed by atoms with Gasteiger partial charge in [-0.15, -0.1) is 5.75 Å². The minimum Gasteiger partial charge on any atom is -0.872 e. The van der Waals surface area contributed by atoms with Gasteiger partial charge in [-0.25, -0.2) is 8.42 Å². The first-order valence-corrected chi connectivity index (χ1v) is 18.8. The van der Waals surface area contributed by atoms with Gasteiger partial charge in [-0.2, -0.15) is 8.42 Å². The van der Waals surface area contributed by atoms with E-state index in [1.165, 1.54) is 60.7 Å². The van der Waals surface area contributed by atoms with Crippen LogP contribution in [-0.4, -0.2) is 68.8 Å². The molecule has 2 N–H and O–H groups in total. The summed E-state index contributed by atoms with van der Waals surface area (Å²) >= 11 is 0. The molecule has 260 valence electrons. The van der Waals surface area contributed by atoms with E-state index in [2.05, 4.69) is 13.8 Å². The van der Waals surface area contributed by atoms with Crippen LogP contribution in [0.2, 0.25) is 0 Å². The van der Waals surface area contributed by atoms with Gasteiger partial charge in [-0.3, -0.25) is 4.55 Å². The molecule has 10 nitrogen and oxygen atoms in total. The molecule has 0 aromatic heterocycles. The molecule has 13 heteroatoms.